The van der Waals surface area contributed by atoms with Gasteiger partial charge in [0.05, 0.1) is 12.0 Å². The van der Waals surface area contributed by atoms with Crippen LogP contribution in [-0.2, 0) is 9.53 Å². The van der Waals surface area contributed by atoms with Crippen molar-refractivity contribution in [3.63, 3.8) is 0 Å². The molecule has 0 spiro atoms. The molecule has 0 saturated carbocycles. The monoisotopic (exact) mass is 395 g/mol. The van der Waals surface area contributed by atoms with Gasteiger partial charge in [-0.1, -0.05) is 0 Å². The first-order valence-corrected chi connectivity index (χ1v) is 9.48. The number of methoxy groups -OCH3 is 1. The first kappa shape index (κ1) is 23.0. The van der Waals surface area contributed by atoms with Crippen molar-refractivity contribution in [1.29, 1.82) is 0 Å². The summed E-state index contributed by atoms with van der Waals surface area (Å²) in [5, 5.41) is 3.38. The van der Waals surface area contributed by atoms with Crippen molar-refractivity contribution in [3.05, 3.63) is 0 Å². The lowest BCUT2D eigenvalue weighted by atomic mass is 9.78. The second-order valence-corrected chi connectivity index (χ2v) is 7.58. The summed E-state index contributed by atoms with van der Waals surface area (Å²) in [5.41, 5.74) is -0.284. The molecule has 1 unspecified atom stereocenters. The van der Waals surface area contributed by atoms with Gasteiger partial charge in [-0.3, -0.25) is 4.79 Å². The van der Waals surface area contributed by atoms with Gasteiger partial charge in [-0.25, -0.2) is 0 Å². The van der Waals surface area contributed by atoms with Crippen molar-refractivity contribution in [3.8, 4) is 0 Å². The molecule has 25 heavy (non-hydrogen) atoms. The number of halogens is 2. The molecule has 3 aliphatic rings. The molecule has 0 bridgehead atoms. The number of hydrogen-bond acceptors (Lipinski definition) is 4. The Balaban J connectivity index is 0.00000156. The maximum absolute atomic E-state index is 13.3. The van der Waals surface area contributed by atoms with Gasteiger partial charge in [0, 0.05) is 26.2 Å². The van der Waals surface area contributed by atoms with E-state index in [1.807, 2.05) is 0 Å². The Morgan fingerprint density at radius 1 is 1.04 bits per heavy atom. The van der Waals surface area contributed by atoms with E-state index in [1.165, 1.54) is 32.4 Å². The normalized spacial score (nSPS) is 27.1. The maximum atomic E-state index is 13.3. The quantitative estimate of drug-likeness (QED) is 0.792. The lowest BCUT2D eigenvalue weighted by Crippen LogP contribution is -2.52. The van der Waals surface area contributed by atoms with Crippen molar-refractivity contribution in [2.75, 3.05) is 53.0 Å². The molecule has 3 fully saturated rings. The van der Waals surface area contributed by atoms with Gasteiger partial charge in [0.1, 0.15) is 0 Å². The Hall–Kier alpha value is -0.0700. The molecule has 3 aliphatic heterocycles. The molecular formula is C18H35Cl2N3O2. The minimum atomic E-state index is -0.284. The second-order valence-electron chi connectivity index (χ2n) is 7.58. The van der Waals surface area contributed by atoms with E-state index < -0.39 is 0 Å². The fourth-order valence-corrected chi connectivity index (χ4v) is 4.69. The summed E-state index contributed by atoms with van der Waals surface area (Å²) >= 11 is 0. The summed E-state index contributed by atoms with van der Waals surface area (Å²) in [6, 6.07) is 0.696. The van der Waals surface area contributed by atoms with Gasteiger partial charge in [-0.05, 0) is 71.1 Å². The van der Waals surface area contributed by atoms with E-state index in [0.29, 0.717) is 18.6 Å². The van der Waals surface area contributed by atoms with Crippen molar-refractivity contribution in [2.45, 2.75) is 51.0 Å². The van der Waals surface area contributed by atoms with Gasteiger partial charge < -0.3 is 19.9 Å². The third-order valence-corrected chi connectivity index (χ3v) is 6.08. The largest absolute Gasteiger partial charge is 0.384 e. The predicted molar refractivity (Wildman–Crippen MR) is 106 cm³/mol. The second kappa shape index (κ2) is 10.9. The van der Waals surface area contributed by atoms with Crippen LogP contribution in [0.3, 0.4) is 0 Å². The third-order valence-electron chi connectivity index (χ3n) is 6.08. The Kier molecular flexibility index (Phi) is 10.0. The number of carbonyl (C=O) groups excluding carboxylic acids is 1. The highest BCUT2D eigenvalue weighted by atomic mass is 35.5. The SMILES string of the molecule is COCC1(C(=O)N2CCCC(N3CCCC3)CC2)CCNCC1.Cl.Cl. The molecule has 1 amide bonds. The number of hydrogen-bond donors (Lipinski definition) is 1. The van der Waals surface area contributed by atoms with Gasteiger partial charge in [0.15, 0.2) is 0 Å². The lowest BCUT2D eigenvalue weighted by molar-refractivity contribution is -0.147. The number of nitrogens with zero attached hydrogens (tertiary/aromatic N) is 2. The summed E-state index contributed by atoms with van der Waals surface area (Å²) in [4.78, 5) is 18.1. The van der Waals surface area contributed by atoms with Gasteiger partial charge in [-0.15, -0.1) is 24.8 Å². The number of amides is 1. The summed E-state index contributed by atoms with van der Waals surface area (Å²) < 4.78 is 5.45. The summed E-state index contributed by atoms with van der Waals surface area (Å²) in [5.74, 6) is 0.350. The Morgan fingerprint density at radius 3 is 2.36 bits per heavy atom. The van der Waals surface area contributed by atoms with Crippen LogP contribution < -0.4 is 5.32 Å². The smallest absolute Gasteiger partial charge is 0.231 e. The standard InChI is InChI=1S/C18H33N3O2.2ClH/c1-23-15-18(7-9-19-10-8-18)17(22)21-13-4-5-16(6-14-21)20-11-2-3-12-20;;/h16,19H,2-15H2,1H3;2*1H. The number of nitrogens with one attached hydrogen (secondary N) is 1. The predicted octanol–water partition coefficient (Wildman–Crippen LogP) is 2.32. The van der Waals surface area contributed by atoms with Gasteiger partial charge in [-0.2, -0.15) is 0 Å². The molecule has 148 valence electrons. The van der Waals surface area contributed by atoms with E-state index in [9.17, 15) is 4.79 Å². The number of ether oxygens (including phenoxy) is 1. The first-order chi connectivity index (χ1) is 11.2. The molecule has 5 nitrogen and oxygen atoms in total. The number of carbonyl (C=O) groups is 1. The van der Waals surface area contributed by atoms with Crippen LogP contribution in [0.25, 0.3) is 0 Å². The van der Waals surface area contributed by atoms with Crippen LogP contribution in [0.2, 0.25) is 0 Å². The van der Waals surface area contributed by atoms with E-state index in [0.717, 1.165) is 51.9 Å². The minimum Gasteiger partial charge on any atom is -0.384 e. The third kappa shape index (κ3) is 5.46. The fraction of sp³-hybridized carbons (Fsp3) is 0.944. The first-order valence-electron chi connectivity index (χ1n) is 9.48. The highest BCUT2D eigenvalue weighted by Gasteiger charge is 2.42. The average Bonchev–Trinajstić information content (AvgIpc) is 3.00. The van der Waals surface area contributed by atoms with Crippen molar-refractivity contribution >= 4 is 30.7 Å². The molecule has 1 atom stereocenters. The van der Waals surface area contributed by atoms with Gasteiger partial charge in [0.25, 0.3) is 0 Å². The molecule has 3 rings (SSSR count). The van der Waals surface area contributed by atoms with E-state index in [4.69, 9.17) is 4.74 Å². The van der Waals surface area contributed by atoms with Crippen LogP contribution in [0.4, 0.5) is 0 Å². The Labute approximate surface area is 165 Å². The molecule has 7 heteroatoms. The molecule has 3 heterocycles. The van der Waals surface area contributed by atoms with Crippen LogP contribution >= 0.6 is 24.8 Å². The van der Waals surface area contributed by atoms with E-state index in [1.54, 1.807) is 7.11 Å². The molecular weight excluding hydrogens is 361 g/mol. The summed E-state index contributed by atoms with van der Waals surface area (Å²) in [6.45, 7) is 6.81. The maximum Gasteiger partial charge on any atom is 0.231 e. The highest BCUT2D eigenvalue weighted by Crippen LogP contribution is 2.33. The molecule has 0 aromatic heterocycles. The van der Waals surface area contributed by atoms with Crippen LogP contribution in [0.5, 0.6) is 0 Å². The molecule has 3 saturated heterocycles. The Morgan fingerprint density at radius 2 is 1.72 bits per heavy atom. The van der Waals surface area contributed by atoms with Crippen molar-refractivity contribution in [2.24, 2.45) is 5.41 Å². The lowest BCUT2D eigenvalue weighted by Gasteiger charge is -2.39. The zero-order chi connectivity index (χ0) is 16.1. The number of piperidine rings is 1. The summed E-state index contributed by atoms with van der Waals surface area (Å²) in [6.07, 6.45) is 8.06. The van der Waals surface area contributed by atoms with E-state index >= 15 is 0 Å². The van der Waals surface area contributed by atoms with Crippen molar-refractivity contribution in [1.82, 2.24) is 15.1 Å². The number of likely N-dealkylation sites (tertiary alicyclic amines) is 2. The molecule has 0 aliphatic carbocycles. The van der Waals surface area contributed by atoms with Crippen LogP contribution in [0.15, 0.2) is 0 Å². The zero-order valence-corrected chi connectivity index (χ0v) is 17.1. The zero-order valence-electron chi connectivity index (χ0n) is 15.5. The fourth-order valence-electron chi connectivity index (χ4n) is 4.69. The van der Waals surface area contributed by atoms with Crippen molar-refractivity contribution < 1.29 is 9.53 Å². The molecule has 0 aromatic rings. The summed E-state index contributed by atoms with van der Waals surface area (Å²) in [7, 11) is 1.73. The van der Waals surface area contributed by atoms with Gasteiger partial charge in [0.2, 0.25) is 5.91 Å². The molecule has 0 aromatic carbocycles. The van der Waals surface area contributed by atoms with Crippen LogP contribution in [-0.4, -0.2) is 74.7 Å². The Bertz CT molecular complexity index is 394. The number of rotatable bonds is 4. The minimum absolute atomic E-state index is 0. The van der Waals surface area contributed by atoms with Crippen LogP contribution in [0, 0.1) is 5.41 Å². The van der Waals surface area contributed by atoms with E-state index in [-0.39, 0.29) is 30.2 Å². The van der Waals surface area contributed by atoms with E-state index in [2.05, 4.69) is 15.1 Å². The topological polar surface area (TPSA) is 44.8 Å². The average molecular weight is 396 g/mol. The van der Waals surface area contributed by atoms with Crippen LogP contribution in [0.1, 0.15) is 44.9 Å². The van der Waals surface area contributed by atoms with Gasteiger partial charge >= 0.3 is 0 Å². The molecule has 0 radical (unpaired) electrons. The molecule has 1 N–H and O–H groups in total. The highest BCUT2D eigenvalue weighted by molar-refractivity contribution is 5.85.